The topological polar surface area (TPSA) is 64.6 Å². The van der Waals surface area contributed by atoms with E-state index in [0.717, 1.165) is 15.6 Å². The maximum absolute atomic E-state index is 12.3. The molecule has 0 fully saturated rings. The minimum Gasteiger partial charge on any atom is -0.493 e. The molecule has 5 nitrogen and oxygen atoms in total. The van der Waals surface area contributed by atoms with Gasteiger partial charge in [-0.15, -0.1) is 0 Å². The first kappa shape index (κ1) is 22.3. The standard InChI is InChI=1S/C25H22BrNO4/c1-17(28)20-9-6-10-21(15-20)27-24(29)12-11-19-13-22(26)25(23(14-19)30-2)31-16-18-7-4-3-5-8-18/h3-15H,16H2,1-2H3,(H,27,29). The number of nitrogens with one attached hydrogen (secondary N) is 1. The Bertz CT molecular complexity index is 1110. The number of ketones is 1. The highest BCUT2D eigenvalue weighted by Gasteiger charge is 2.11. The fraction of sp³-hybridized carbons (Fsp3) is 0.120. The Morgan fingerprint density at radius 3 is 2.52 bits per heavy atom. The Balaban J connectivity index is 1.70. The molecule has 1 N–H and O–H groups in total. The van der Waals surface area contributed by atoms with Gasteiger partial charge in [-0.2, -0.15) is 0 Å². The second-order valence-electron chi connectivity index (χ2n) is 6.77. The number of hydrogen-bond donors (Lipinski definition) is 1. The van der Waals surface area contributed by atoms with Gasteiger partial charge >= 0.3 is 0 Å². The quantitative estimate of drug-likeness (QED) is 0.323. The van der Waals surface area contributed by atoms with Crippen LogP contribution in [0.5, 0.6) is 11.5 Å². The molecule has 3 rings (SSSR count). The molecule has 0 spiro atoms. The molecule has 0 saturated carbocycles. The molecule has 158 valence electrons. The summed E-state index contributed by atoms with van der Waals surface area (Å²) in [5.74, 6) is 0.784. The predicted molar refractivity (Wildman–Crippen MR) is 126 cm³/mol. The highest BCUT2D eigenvalue weighted by atomic mass is 79.9. The Hall–Kier alpha value is -3.38. The Morgan fingerprint density at radius 1 is 1.03 bits per heavy atom. The van der Waals surface area contributed by atoms with Gasteiger partial charge in [-0.25, -0.2) is 0 Å². The Kier molecular flexibility index (Phi) is 7.62. The van der Waals surface area contributed by atoms with Gasteiger partial charge in [0.15, 0.2) is 17.3 Å². The predicted octanol–water partition coefficient (Wildman–Crippen LogP) is 5.89. The van der Waals surface area contributed by atoms with Gasteiger partial charge < -0.3 is 14.8 Å². The SMILES string of the molecule is COc1cc(C=CC(=O)Nc2cccc(C(C)=O)c2)cc(Br)c1OCc1ccccc1. The van der Waals surface area contributed by atoms with Crippen LogP contribution in [0, 0.1) is 0 Å². The van der Waals surface area contributed by atoms with Crippen molar-refractivity contribution in [3.8, 4) is 11.5 Å². The van der Waals surface area contributed by atoms with E-state index in [0.29, 0.717) is 29.4 Å². The second-order valence-corrected chi connectivity index (χ2v) is 7.62. The van der Waals surface area contributed by atoms with Gasteiger partial charge in [-0.1, -0.05) is 42.5 Å². The zero-order valence-electron chi connectivity index (χ0n) is 17.2. The van der Waals surface area contributed by atoms with E-state index in [1.165, 1.54) is 13.0 Å². The minimum atomic E-state index is -0.305. The third-order valence-electron chi connectivity index (χ3n) is 4.44. The van der Waals surface area contributed by atoms with Crippen molar-refractivity contribution in [3.05, 3.63) is 94.0 Å². The summed E-state index contributed by atoms with van der Waals surface area (Å²) in [7, 11) is 1.57. The lowest BCUT2D eigenvalue weighted by molar-refractivity contribution is -0.111. The number of Topliss-reactive ketones (excluding diaryl/α,β-unsaturated/α-hetero) is 1. The van der Waals surface area contributed by atoms with Crippen LogP contribution < -0.4 is 14.8 Å². The summed E-state index contributed by atoms with van der Waals surface area (Å²) < 4.78 is 12.1. The molecule has 0 bridgehead atoms. The summed E-state index contributed by atoms with van der Waals surface area (Å²) in [6.07, 6.45) is 3.10. The monoisotopic (exact) mass is 479 g/mol. The summed E-state index contributed by atoms with van der Waals surface area (Å²) in [5.41, 5.74) is 2.92. The summed E-state index contributed by atoms with van der Waals surface area (Å²) in [4.78, 5) is 23.8. The lowest BCUT2D eigenvalue weighted by atomic mass is 10.1. The summed E-state index contributed by atoms with van der Waals surface area (Å²) >= 11 is 3.52. The molecular weight excluding hydrogens is 458 g/mol. The second kappa shape index (κ2) is 10.6. The van der Waals surface area contributed by atoms with E-state index in [9.17, 15) is 9.59 Å². The Labute approximate surface area is 189 Å². The molecule has 0 heterocycles. The number of carbonyl (C=O) groups is 2. The van der Waals surface area contributed by atoms with Crippen LogP contribution in [0.1, 0.15) is 28.4 Å². The van der Waals surface area contributed by atoms with Crippen LogP contribution in [-0.4, -0.2) is 18.8 Å². The van der Waals surface area contributed by atoms with Crippen molar-refractivity contribution in [1.82, 2.24) is 0 Å². The van der Waals surface area contributed by atoms with Crippen LogP contribution in [0.4, 0.5) is 5.69 Å². The van der Waals surface area contributed by atoms with E-state index in [2.05, 4.69) is 21.2 Å². The van der Waals surface area contributed by atoms with Crippen LogP contribution in [0.3, 0.4) is 0 Å². The fourth-order valence-electron chi connectivity index (χ4n) is 2.88. The molecular formula is C25H22BrNO4. The van der Waals surface area contributed by atoms with Crippen LogP contribution >= 0.6 is 15.9 Å². The molecule has 0 aliphatic rings. The zero-order valence-corrected chi connectivity index (χ0v) is 18.8. The van der Waals surface area contributed by atoms with Gasteiger partial charge in [0, 0.05) is 17.3 Å². The van der Waals surface area contributed by atoms with Crippen molar-refractivity contribution in [3.63, 3.8) is 0 Å². The normalized spacial score (nSPS) is 10.7. The maximum atomic E-state index is 12.3. The van der Waals surface area contributed by atoms with Gasteiger partial charge in [0.2, 0.25) is 5.91 Å². The van der Waals surface area contributed by atoms with Gasteiger partial charge in [-0.05, 0) is 64.3 Å². The number of amides is 1. The number of hydrogen-bond acceptors (Lipinski definition) is 4. The summed E-state index contributed by atoms with van der Waals surface area (Å²) in [5, 5.41) is 2.75. The molecule has 1 amide bonds. The molecule has 31 heavy (non-hydrogen) atoms. The molecule has 0 aliphatic heterocycles. The molecule has 3 aromatic carbocycles. The number of methoxy groups -OCH3 is 1. The van der Waals surface area contributed by atoms with Crippen LogP contribution in [-0.2, 0) is 11.4 Å². The smallest absolute Gasteiger partial charge is 0.248 e. The van der Waals surface area contributed by atoms with E-state index < -0.39 is 0 Å². The van der Waals surface area contributed by atoms with E-state index in [-0.39, 0.29) is 11.7 Å². The molecule has 0 atom stereocenters. The van der Waals surface area contributed by atoms with Crippen molar-refractivity contribution in [2.24, 2.45) is 0 Å². The van der Waals surface area contributed by atoms with Crippen LogP contribution in [0.15, 0.2) is 77.3 Å². The number of carbonyl (C=O) groups excluding carboxylic acids is 2. The van der Waals surface area contributed by atoms with Crippen molar-refractivity contribution in [2.45, 2.75) is 13.5 Å². The van der Waals surface area contributed by atoms with Gasteiger partial charge in [0.1, 0.15) is 6.61 Å². The first-order chi connectivity index (χ1) is 15.0. The van der Waals surface area contributed by atoms with Gasteiger partial charge in [0.25, 0.3) is 0 Å². The van der Waals surface area contributed by atoms with E-state index in [1.54, 1.807) is 43.5 Å². The van der Waals surface area contributed by atoms with Crippen molar-refractivity contribution < 1.29 is 19.1 Å². The number of ether oxygens (including phenoxy) is 2. The average molecular weight is 480 g/mol. The number of halogens is 1. The Morgan fingerprint density at radius 2 is 1.81 bits per heavy atom. The number of rotatable bonds is 8. The minimum absolute atomic E-state index is 0.0573. The average Bonchev–Trinajstić information content (AvgIpc) is 2.77. The summed E-state index contributed by atoms with van der Waals surface area (Å²) in [6.45, 7) is 1.89. The fourth-order valence-corrected chi connectivity index (χ4v) is 3.45. The largest absolute Gasteiger partial charge is 0.493 e. The third kappa shape index (κ3) is 6.30. The van der Waals surface area contributed by atoms with Crippen molar-refractivity contribution in [2.75, 3.05) is 12.4 Å². The van der Waals surface area contributed by atoms with E-state index in [1.807, 2.05) is 36.4 Å². The van der Waals surface area contributed by atoms with Gasteiger partial charge in [0.05, 0.1) is 11.6 Å². The van der Waals surface area contributed by atoms with Crippen molar-refractivity contribution in [1.29, 1.82) is 0 Å². The summed E-state index contributed by atoms with van der Waals surface area (Å²) in [6, 6.07) is 20.3. The zero-order chi connectivity index (χ0) is 22.2. The van der Waals surface area contributed by atoms with E-state index >= 15 is 0 Å². The first-order valence-corrected chi connectivity index (χ1v) is 10.4. The lowest BCUT2D eigenvalue weighted by Gasteiger charge is -2.13. The lowest BCUT2D eigenvalue weighted by Crippen LogP contribution is -2.08. The highest BCUT2D eigenvalue weighted by Crippen LogP contribution is 2.37. The molecule has 0 unspecified atom stereocenters. The number of anilines is 1. The number of benzene rings is 3. The first-order valence-electron chi connectivity index (χ1n) is 9.60. The molecule has 6 heteroatoms. The molecule has 0 aliphatic carbocycles. The molecule has 0 saturated heterocycles. The van der Waals surface area contributed by atoms with Crippen LogP contribution in [0.2, 0.25) is 0 Å². The molecule has 0 radical (unpaired) electrons. The van der Waals surface area contributed by atoms with Crippen molar-refractivity contribution >= 4 is 39.4 Å². The third-order valence-corrected chi connectivity index (χ3v) is 5.03. The molecule has 3 aromatic rings. The van der Waals surface area contributed by atoms with Gasteiger partial charge in [-0.3, -0.25) is 9.59 Å². The van der Waals surface area contributed by atoms with Crippen LogP contribution in [0.25, 0.3) is 6.08 Å². The highest BCUT2D eigenvalue weighted by molar-refractivity contribution is 9.10. The van der Waals surface area contributed by atoms with E-state index in [4.69, 9.17) is 9.47 Å². The molecule has 0 aromatic heterocycles. The maximum Gasteiger partial charge on any atom is 0.248 e.